The second kappa shape index (κ2) is 5.89. The summed E-state index contributed by atoms with van der Waals surface area (Å²) in [5, 5.41) is -1.05. The number of carbonyl (C=O) groups excluding carboxylic acids is 1. The molecular weight excluding hydrogens is 415 g/mol. The van der Waals surface area contributed by atoms with Gasteiger partial charge in [-0.3, -0.25) is 4.79 Å². The van der Waals surface area contributed by atoms with Gasteiger partial charge in [0.15, 0.2) is 0 Å². The van der Waals surface area contributed by atoms with E-state index in [1.54, 1.807) is 0 Å². The Labute approximate surface area is 136 Å². The van der Waals surface area contributed by atoms with Gasteiger partial charge in [0.05, 0.1) is 4.47 Å². The number of alkyl halides is 3. The fraction of sp³-hybridized carbons (Fsp3) is 0.364. The Morgan fingerprint density at radius 2 is 2.00 bits per heavy atom. The molecule has 0 spiro atoms. The number of anilines is 1. The monoisotopic (exact) mass is 421 g/mol. The molecule has 0 radical (unpaired) electrons. The molecule has 0 saturated carbocycles. The maximum Gasteiger partial charge on any atom is 0.573 e. The molecule has 5 nitrogen and oxygen atoms in total. The Morgan fingerprint density at radius 1 is 1.36 bits per heavy atom. The van der Waals surface area contributed by atoms with Gasteiger partial charge in [-0.05, 0) is 34.1 Å². The molecule has 22 heavy (non-hydrogen) atoms. The summed E-state index contributed by atoms with van der Waals surface area (Å²) in [7, 11) is 1.33. The fourth-order valence-corrected chi connectivity index (χ4v) is 3.45. The smallest absolute Gasteiger partial charge is 0.405 e. The molecule has 1 heterocycles. The standard InChI is InChI=1S/C11H8BrClF3NO4S/c12-8-3-6(1-2-9(8)21-11(14,15)16)17-5-7(4-10(17)18)22(13,19)20/h1-3,7H,4-5H2. The first-order valence-corrected chi connectivity index (χ1v) is 8.93. The van der Waals surface area contributed by atoms with Gasteiger partial charge in [0.2, 0.25) is 15.0 Å². The van der Waals surface area contributed by atoms with Crippen LogP contribution in [-0.4, -0.2) is 32.5 Å². The summed E-state index contributed by atoms with van der Waals surface area (Å²) in [5.41, 5.74) is 0.245. The third-order valence-corrected chi connectivity index (χ3v) is 5.43. The summed E-state index contributed by atoms with van der Waals surface area (Å²) in [6.45, 7) is -0.156. The van der Waals surface area contributed by atoms with Crippen LogP contribution in [0.3, 0.4) is 0 Å². The molecule has 1 saturated heterocycles. The van der Waals surface area contributed by atoms with Crippen molar-refractivity contribution in [3.05, 3.63) is 22.7 Å². The van der Waals surface area contributed by atoms with E-state index in [0.717, 1.165) is 11.0 Å². The van der Waals surface area contributed by atoms with Crippen molar-refractivity contribution in [2.45, 2.75) is 18.0 Å². The maximum absolute atomic E-state index is 12.2. The first-order valence-electron chi connectivity index (χ1n) is 5.76. The van der Waals surface area contributed by atoms with Crippen LogP contribution in [-0.2, 0) is 13.8 Å². The van der Waals surface area contributed by atoms with E-state index in [4.69, 9.17) is 10.7 Å². The van der Waals surface area contributed by atoms with Gasteiger partial charge in [0.1, 0.15) is 11.0 Å². The van der Waals surface area contributed by atoms with E-state index in [0.29, 0.717) is 0 Å². The van der Waals surface area contributed by atoms with E-state index >= 15 is 0 Å². The van der Waals surface area contributed by atoms with Gasteiger partial charge < -0.3 is 9.64 Å². The van der Waals surface area contributed by atoms with Crippen molar-refractivity contribution in [2.24, 2.45) is 0 Å². The van der Waals surface area contributed by atoms with Crippen LogP contribution in [0.4, 0.5) is 18.9 Å². The van der Waals surface area contributed by atoms with E-state index < -0.39 is 32.3 Å². The van der Waals surface area contributed by atoms with Crippen molar-refractivity contribution in [2.75, 3.05) is 11.4 Å². The molecule has 1 amide bonds. The van der Waals surface area contributed by atoms with Crippen molar-refractivity contribution in [1.82, 2.24) is 0 Å². The zero-order chi connectivity index (χ0) is 16.7. The molecule has 1 atom stereocenters. The van der Waals surface area contributed by atoms with Crippen LogP contribution < -0.4 is 9.64 Å². The third kappa shape index (κ3) is 4.05. The van der Waals surface area contributed by atoms with Crippen molar-refractivity contribution in [3.8, 4) is 5.75 Å². The van der Waals surface area contributed by atoms with Crippen molar-refractivity contribution in [3.63, 3.8) is 0 Å². The molecule has 0 N–H and O–H groups in total. The van der Waals surface area contributed by atoms with Gasteiger partial charge in [0, 0.05) is 29.3 Å². The highest BCUT2D eigenvalue weighted by atomic mass is 79.9. The number of rotatable bonds is 3. The average Bonchev–Trinajstić information content (AvgIpc) is 2.72. The number of nitrogens with zero attached hydrogens (tertiary/aromatic N) is 1. The summed E-state index contributed by atoms with van der Waals surface area (Å²) in [4.78, 5) is 13.0. The molecule has 1 fully saturated rings. The largest absolute Gasteiger partial charge is 0.573 e. The lowest BCUT2D eigenvalue weighted by atomic mass is 10.3. The molecule has 1 aliphatic heterocycles. The topological polar surface area (TPSA) is 63.7 Å². The SMILES string of the molecule is O=C1CC(S(=O)(=O)Cl)CN1c1ccc(OC(F)(F)F)c(Br)c1. The predicted molar refractivity (Wildman–Crippen MR) is 76.4 cm³/mol. The number of hydrogen-bond donors (Lipinski definition) is 0. The highest BCUT2D eigenvalue weighted by Crippen LogP contribution is 2.35. The minimum atomic E-state index is -4.84. The summed E-state index contributed by atoms with van der Waals surface area (Å²) in [6, 6.07) is 3.50. The summed E-state index contributed by atoms with van der Waals surface area (Å²) >= 11 is 2.91. The van der Waals surface area contributed by atoms with Crippen LogP contribution in [0, 0.1) is 0 Å². The summed E-state index contributed by atoms with van der Waals surface area (Å²) < 4.78 is 62.8. The summed E-state index contributed by atoms with van der Waals surface area (Å²) in [6.07, 6.45) is -5.12. The maximum atomic E-state index is 12.2. The number of ether oxygens (including phenoxy) is 1. The van der Waals surface area contributed by atoms with Gasteiger partial charge >= 0.3 is 6.36 Å². The number of hydrogen-bond acceptors (Lipinski definition) is 4. The van der Waals surface area contributed by atoms with Gasteiger partial charge in [-0.25, -0.2) is 8.42 Å². The van der Waals surface area contributed by atoms with Crippen LogP contribution in [0.25, 0.3) is 0 Å². The van der Waals surface area contributed by atoms with Crippen LogP contribution in [0.1, 0.15) is 6.42 Å². The Hall–Kier alpha value is -1.00. The van der Waals surface area contributed by atoms with Crippen molar-refractivity contribution in [1.29, 1.82) is 0 Å². The molecule has 11 heteroatoms. The van der Waals surface area contributed by atoms with E-state index in [2.05, 4.69) is 20.7 Å². The lowest BCUT2D eigenvalue weighted by Crippen LogP contribution is -2.26. The highest BCUT2D eigenvalue weighted by molar-refractivity contribution is 9.10. The zero-order valence-corrected chi connectivity index (χ0v) is 13.8. The molecule has 122 valence electrons. The molecular formula is C11H8BrClF3NO4S. The lowest BCUT2D eigenvalue weighted by molar-refractivity contribution is -0.274. The minimum Gasteiger partial charge on any atom is -0.405 e. The second-order valence-corrected chi connectivity index (χ2v) is 8.23. The van der Waals surface area contributed by atoms with E-state index in [9.17, 15) is 26.4 Å². The van der Waals surface area contributed by atoms with Gasteiger partial charge in [-0.15, -0.1) is 13.2 Å². The first-order chi connectivity index (χ1) is 9.97. The fourth-order valence-electron chi connectivity index (χ4n) is 1.98. The first kappa shape index (κ1) is 17.4. The molecule has 0 aliphatic carbocycles. The van der Waals surface area contributed by atoms with Gasteiger partial charge in [0.25, 0.3) is 0 Å². The molecule has 0 bridgehead atoms. The van der Waals surface area contributed by atoms with E-state index in [1.165, 1.54) is 12.1 Å². The normalized spacial score (nSPS) is 19.6. The number of halogens is 5. The van der Waals surface area contributed by atoms with Crippen LogP contribution in [0.15, 0.2) is 22.7 Å². The molecule has 0 aromatic heterocycles. The average molecular weight is 423 g/mol. The van der Waals surface area contributed by atoms with Gasteiger partial charge in [-0.2, -0.15) is 0 Å². The summed E-state index contributed by atoms with van der Waals surface area (Å²) in [5.74, 6) is -0.949. The van der Waals surface area contributed by atoms with Crippen LogP contribution in [0.5, 0.6) is 5.75 Å². The van der Waals surface area contributed by atoms with Crippen LogP contribution in [0.2, 0.25) is 0 Å². The van der Waals surface area contributed by atoms with Crippen LogP contribution >= 0.6 is 26.6 Å². The number of amides is 1. The second-order valence-electron chi connectivity index (χ2n) is 4.47. The van der Waals surface area contributed by atoms with Gasteiger partial charge in [-0.1, -0.05) is 0 Å². The minimum absolute atomic E-state index is 0.0210. The highest BCUT2D eigenvalue weighted by Gasteiger charge is 2.38. The van der Waals surface area contributed by atoms with Crippen molar-refractivity contribution < 1.29 is 31.1 Å². The van der Waals surface area contributed by atoms with E-state index in [-0.39, 0.29) is 23.1 Å². The van der Waals surface area contributed by atoms with E-state index in [1.807, 2.05) is 0 Å². The number of benzene rings is 1. The third-order valence-electron chi connectivity index (χ3n) is 2.94. The molecule has 1 unspecified atom stereocenters. The Kier molecular flexibility index (Phi) is 4.65. The molecule has 1 aliphatic rings. The Morgan fingerprint density at radius 3 is 2.45 bits per heavy atom. The molecule has 1 aromatic carbocycles. The Balaban J connectivity index is 2.24. The Bertz CT molecular complexity index is 710. The molecule has 1 aromatic rings. The quantitative estimate of drug-likeness (QED) is 0.703. The lowest BCUT2D eigenvalue weighted by Gasteiger charge is -2.18. The molecule has 2 rings (SSSR count). The van der Waals surface area contributed by atoms with Crippen molar-refractivity contribution >= 4 is 47.3 Å². The predicted octanol–water partition coefficient (Wildman–Crippen LogP) is 3.02. The zero-order valence-electron chi connectivity index (χ0n) is 10.6. The number of carbonyl (C=O) groups is 1.